The van der Waals surface area contributed by atoms with Gasteiger partial charge in [0.05, 0.1) is 12.1 Å². The minimum atomic E-state index is -0.0184. The second-order valence-electron chi connectivity index (χ2n) is 4.87. The van der Waals surface area contributed by atoms with Crippen molar-refractivity contribution in [2.45, 2.75) is 33.2 Å². The van der Waals surface area contributed by atoms with Crippen LogP contribution in [0.25, 0.3) is 0 Å². The van der Waals surface area contributed by atoms with E-state index in [4.69, 9.17) is 10.5 Å². The molecule has 2 N–H and O–H groups in total. The zero-order valence-corrected chi connectivity index (χ0v) is 12.7. The number of benzene rings is 1. The summed E-state index contributed by atoms with van der Waals surface area (Å²) in [5.41, 5.74) is 10.8. The van der Waals surface area contributed by atoms with E-state index in [0.717, 1.165) is 28.4 Å². The SMILES string of the molecule is COc1cc(C)c(C(N)Cc2nc(C)cs2)cc1C. The fraction of sp³-hybridized carbons (Fsp3) is 0.400. The molecule has 0 radical (unpaired) electrons. The highest BCUT2D eigenvalue weighted by molar-refractivity contribution is 7.09. The second-order valence-corrected chi connectivity index (χ2v) is 5.81. The lowest BCUT2D eigenvalue weighted by molar-refractivity contribution is 0.411. The van der Waals surface area contributed by atoms with Crippen LogP contribution in [0.1, 0.15) is 33.4 Å². The summed E-state index contributed by atoms with van der Waals surface area (Å²) in [6, 6.07) is 4.16. The molecule has 1 heterocycles. The van der Waals surface area contributed by atoms with Gasteiger partial charge in [-0.05, 0) is 43.5 Å². The maximum absolute atomic E-state index is 6.32. The van der Waals surface area contributed by atoms with Gasteiger partial charge in [-0.25, -0.2) is 4.98 Å². The lowest BCUT2D eigenvalue weighted by Crippen LogP contribution is -2.15. The van der Waals surface area contributed by atoms with Crippen LogP contribution < -0.4 is 10.5 Å². The molecule has 0 aliphatic carbocycles. The molecule has 102 valence electrons. The van der Waals surface area contributed by atoms with Crippen molar-refractivity contribution in [2.24, 2.45) is 5.73 Å². The van der Waals surface area contributed by atoms with Crippen molar-refractivity contribution in [3.63, 3.8) is 0 Å². The summed E-state index contributed by atoms with van der Waals surface area (Å²) in [7, 11) is 1.69. The van der Waals surface area contributed by atoms with Gasteiger partial charge in [-0.2, -0.15) is 0 Å². The van der Waals surface area contributed by atoms with Gasteiger partial charge >= 0.3 is 0 Å². The first-order valence-electron chi connectivity index (χ1n) is 6.33. The van der Waals surface area contributed by atoms with Crippen LogP contribution in [0.4, 0.5) is 0 Å². The molecule has 0 spiro atoms. The molecule has 0 fully saturated rings. The monoisotopic (exact) mass is 276 g/mol. The van der Waals surface area contributed by atoms with Crippen molar-refractivity contribution in [1.29, 1.82) is 0 Å². The Hall–Kier alpha value is -1.39. The van der Waals surface area contributed by atoms with Crippen LogP contribution in [0.3, 0.4) is 0 Å². The standard InChI is InChI=1S/C15H20N2OS/c1-9-6-14(18-4)10(2)5-12(9)13(16)7-15-17-11(3)8-19-15/h5-6,8,13H,7,16H2,1-4H3. The van der Waals surface area contributed by atoms with Crippen LogP contribution in [0.15, 0.2) is 17.5 Å². The van der Waals surface area contributed by atoms with Crippen LogP contribution in [0, 0.1) is 20.8 Å². The average molecular weight is 276 g/mol. The molecule has 0 saturated carbocycles. The van der Waals surface area contributed by atoms with Gasteiger partial charge in [0.2, 0.25) is 0 Å². The quantitative estimate of drug-likeness (QED) is 0.932. The number of nitrogens with two attached hydrogens (primary N) is 1. The van der Waals surface area contributed by atoms with Crippen molar-refractivity contribution < 1.29 is 4.74 Å². The van der Waals surface area contributed by atoms with Crippen LogP contribution in [0.5, 0.6) is 5.75 Å². The van der Waals surface area contributed by atoms with E-state index in [1.165, 1.54) is 11.1 Å². The van der Waals surface area contributed by atoms with Crippen LogP contribution in [0.2, 0.25) is 0 Å². The fourth-order valence-corrected chi connectivity index (χ4v) is 3.06. The van der Waals surface area contributed by atoms with E-state index in [1.54, 1.807) is 18.4 Å². The number of hydrogen-bond donors (Lipinski definition) is 1. The molecule has 1 atom stereocenters. The molecule has 0 aliphatic heterocycles. The Morgan fingerprint density at radius 1 is 1.26 bits per heavy atom. The van der Waals surface area contributed by atoms with Crippen LogP contribution >= 0.6 is 11.3 Å². The Morgan fingerprint density at radius 2 is 2.00 bits per heavy atom. The van der Waals surface area contributed by atoms with Gasteiger partial charge in [0.25, 0.3) is 0 Å². The first-order chi connectivity index (χ1) is 9.01. The maximum atomic E-state index is 6.32. The molecule has 2 aromatic rings. The van der Waals surface area contributed by atoms with Gasteiger partial charge in [-0.3, -0.25) is 0 Å². The first kappa shape index (κ1) is 14.0. The minimum absolute atomic E-state index is 0.0184. The first-order valence-corrected chi connectivity index (χ1v) is 7.21. The molecule has 0 bridgehead atoms. The molecule has 4 heteroatoms. The summed E-state index contributed by atoms with van der Waals surface area (Å²) in [6.45, 7) is 6.13. The van der Waals surface area contributed by atoms with E-state index >= 15 is 0 Å². The highest BCUT2D eigenvalue weighted by atomic mass is 32.1. The molecular weight excluding hydrogens is 256 g/mol. The Kier molecular flexibility index (Phi) is 4.22. The van der Waals surface area contributed by atoms with E-state index < -0.39 is 0 Å². The minimum Gasteiger partial charge on any atom is -0.496 e. The summed E-state index contributed by atoms with van der Waals surface area (Å²) < 4.78 is 5.33. The van der Waals surface area contributed by atoms with Gasteiger partial charge < -0.3 is 10.5 Å². The van der Waals surface area contributed by atoms with Gasteiger partial charge in [-0.1, -0.05) is 6.07 Å². The van der Waals surface area contributed by atoms with E-state index in [-0.39, 0.29) is 6.04 Å². The van der Waals surface area contributed by atoms with E-state index in [9.17, 15) is 0 Å². The molecule has 2 rings (SSSR count). The third-order valence-electron chi connectivity index (χ3n) is 3.24. The molecule has 0 saturated heterocycles. The third kappa shape index (κ3) is 3.14. The molecule has 3 nitrogen and oxygen atoms in total. The summed E-state index contributed by atoms with van der Waals surface area (Å²) in [5, 5.41) is 3.16. The maximum Gasteiger partial charge on any atom is 0.122 e. The van der Waals surface area contributed by atoms with Crippen molar-refractivity contribution >= 4 is 11.3 Å². The number of nitrogens with zero attached hydrogens (tertiary/aromatic N) is 1. The van der Waals surface area contributed by atoms with Gasteiger partial charge in [0.1, 0.15) is 5.75 Å². The zero-order valence-electron chi connectivity index (χ0n) is 11.9. The van der Waals surface area contributed by atoms with Crippen molar-refractivity contribution in [3.05, 3.63) is 44.9 Å². The van der Waals surface area contributed by atoms with Crippen LogP contribution in [-0.4, -0.2) is 12.1 Å². The zero-order chi connectivity index (χ0) is 14.0. The number of aryl methyl sites for hydroxylation is 3. The highest BCUT2D eigenvalue weighted by Crippen LogP contribution is 2.27. The van der Waals surface area contributed by atoms with E-state index in [2.05, 4.69) is 29.4 Å². The Balaban J connectivity index is 2.23. The molecule has 19 heavy (non-hydrogen) atoms. The molecule has 0 amide bonds. The lowest BCUT2D eigenvalue weighted by atomic mass is 9.97. The lowest BCUT2D eigenvalue weighted by Gasteiger charge is -2.16. The number of ether oxygens (including phenoxy) is 1. The van der Waals surface area contributed by atoms with Gasteiger partial charge in [0.15, 0.2) is 0 Å². The van der Waals surface area contributed by atoms with Crippen LogP contribution in [-0.2, 0) is 6.42 Å². The van der Waals surface area contributed by atoms with E-state index in [0.29, 0.717) is 0 Å². The molecule has 1 aromatic carbocycles. The number of rotatable bonds is 4. The summed E-state index contributed by atoms with van der Waals surface area (Å²) in [6.07, 6.45) is 0.783. The molecule has 0 aliphatic rings. The van der Waals surface area contributed by atoms with E-state index in [1.807, 2.05) is 13.8 Å². The van der Waals surface area contributed by atoms with Gasteiger partial charge in [-0.15, -0.1) is 11.3 Å². The molecule has 1 aromatic heterocycles. The number of thiazole rings is 1. The third-order valence-corrected chi connectivity index (χ3v) is 4.23. The predicted octanol–water partition coefficient (Wildman–Crippen LogP) is 3.32. The smallest absolute Gasteiger partial charge is 0.122 e. The highest BCUT2D eigenvalue weighted by Gasteiger charge is 2.14. The Labute approximate surface area is 118 Å². The number of methoxy groups -OCH3 is 1. The van der Waals surface area contributed by atoms with Gasteiger partial charge in [0, 0.05) is 23.5 Å². The molecule has 1 unspecified atom stereocenters. The normalized spacial score (nSPS) is 12.5. The summed E-state index contributed by atoms with van der Waals surface area (Å²) in [5.74, 6) is 0.915. The second kappa shape index (κ2) is 5.72. The summed E-state index contributed by atoms with van der Waals surface area (Å²) in [4.78, 5) is 4.48. The van der Waals surface area contributed by atoms with Crippen molar-refractivity contribution in [1.82, 2.24) is 4.98 Å². The average Bonchev–Trinajstić information content (AvgIpc) is 2.77. The fourth-order valence-electron chi connectivity index (χ4n) is 2.23. The Morgan fingerprint density at radius 3 is 2.58 bits per heavy atom. The number of aromatic nitrogens is 1. The summed E-state index contributed by atoms with van der Waals surface area (Å²) >= 11 is 1.67. The van der Waals surface area contributed by atoms with Crippen molar-refractivity contribution in [3.8, 4) is 5.75 Å². The Bertz CT molecular complexity index is 578. The topological polar surface area (TPSA) is 48.1 Å². The number of hydrogen-bond acceptors (Lipinski definition) is 4. The van der Waals surface area contributed by atoms with Crippen molar-refractivity contribution in [2.75, 3.05) is 7.11 Å². The largest absolute Gasteiger partial charge is 0.496 e. The molecular formula is C15H20N2OS. The predicted molar refractivity (Wildman–Crippen MR) is 80.0 cm³/mol.